The summed E-state index contributed by atoms with van der Waals surface area (Å²) >= 11 is 0. The molecule has 6 heteroatoms. The van der Waals surface area contributed by atoms with Gasteiger partial charge in [-0.2, -0.15) is 0 Å². The van der Waals surface area contributed by atoms with Crippen molar-refractivity contribution in [1.29, 1.82) is 0 Å². The molecule has 0 atom stereocenters. The van der Waals surface area contributed by atoms with Crippen LogP contribution in [0.5, 0.6) is 0 Å². The molecule has 1 aliphatic rings. The number of nitrogens with zero attached hydrogens (tertiary/aromatic N) is 4. The summed E-state index contributed by atoms with van der Waals surface area (Å²) in [4.78, 5) is 14.3. The highest BCUT2D eigenvalue weighted by Crippen LogP contribution is 2.53. The van der Waals surface area contributed by atoms with Gasteiger partial charge in [0, 0.05) is 50.7 Å². The predicted octanol–water partition coefficient (Wildman–Crippen LogP) is 17.1. The third-order valence-electron chi connectivity index (χ3n) is 13.5. The zero-order valence-corrected chi connectivity index (χ0v) is 39.4. The van der Waals surface area contributed by atoms with Crippen molar-refractivity contribution >= 4 is 56.3 Å². The molecule has 0 unspecified atom stereocenters. The highest BCUT2D eigenvalue weighted by atomic mass is 16.4. The van der Waals surface area contributed by atoms with E-state index in [1.54, 1.807) is 0 Å². The van der Waals surface area contributed by atoms with Crippen LogP contribution in [0.25, 0.3) is 56.2 Å². The maximum absolute atomic E-state index is 6.16. The van der Waals surface area contributed by atoms with Crippen molar-refractivity contribution in [3.05, 3.63) is 204 Å². The predicted molar refractivity (Wildman–Crippen MR) is 277 cm³/mol. The van der Waals surface area contributed by atoms with Crippen molar-refractivity contribution in [2.45, 2.75) is 71.6 Å². The average Bonchev–Trinajstić information content (AvgIpc) is 4.02. The summed E-state index contributed by atoms with van der Waals surface area (Å²) in [6, 6.07) is 64.9. The normalized spacial score (nSPS) is 13.2. The van der Waals surface area contributed by atoms with Gasteiger partial charge in [0.05, 0.1) is 0 Å². The molecule has 0 bridgehead atoms. The number of oxazole rings is 2. The van der Waals surface area contributed by atoms with Gasteiger partial charge in [-0.25, -0.2) is 9.97 Å². The molecule has 0 fully saturated rings. The van der Waals surface area contributed by atoms with Crippen LogP contribution in [-0.4, -0.2) is 9.97 Å². The second-order valence-corrected chi connectivity index (χ2v) is 20.4. The molecule has 10 aromatic rings. The zero-order valence-electron chi connectivity index (χ0n) is 39.4. The first-order valence-electron chi connectivity index (χ1n) is 23.2. The van der Waals surface area contributed by atoms with E-state index in [0.29, 0.717) is 11.8 Å². The van der Waals surface area contributed by atoms with Gasteiger partial charge >= 0.3 is 0 Å². The van der Waals surface area contributed by atoms with Crippen molar-refractivity contribution in [2.75, 3.05) is 9.80 Å². The molecule has 11 rings (SSSR count). The largest absolute Gasteiger partial charge is 0.436 e. The standard InChI is InChI=1S/C61H54N4O2/c1-59(2,3)41-21-29-45(30-22-41)64(43-25-17-39(18-26-43)57-62-53-13-9-11-15-55(53)66-57)47-33-35-49-50-36-34-48(38-52(50)61(7,8)51(49)37-47)65(46-31-23-42(24-32-46)60(4,5)6)44-27-19-40(20-28-44)58-63-54-14-10-12-16-56(54)67-58/h9-38H,1-8H3. The first kappa shape index (κ1) is 42.0. The molecule has 2 heterocycles. The fourth-order valence-corrected chi connectivity index (χ4v) is 9.60. The van der Waals surface area contributed by atoms with Gasteiger partial charge in [-0.1, -0.05) is 116 Å². The first-order chi connectivity index (χ1) is 32.2. The van der Waals surface area contributed by atoms with Crippen molar-refractivity contribution < 1.29 is 8.83 Å². The number of aromatic nitrogens is 2. The number of benzene rings is 8. The summed E-state index contributed by atoms with van der Waals surface area (Å²) in [6.07, 6.45) is 0. The van der Waals surface area contributed by atoms with E-state index in [1.807, 2.05) is 48.5 Å². The topological polar surface area (TPSA) is 58.5 Å². The van der Waals surface area contributed by atoms with Crippen LogP contribution in [0.4, 0.5) is 34.1 Å². The molecule has 0 amide bonds. The lowest BCUT2D eigenvalue weighted by Crippen LogP contribution is -2.18. The Kier molecular flexibility index (Phi) is 9.86. The van der Waals surface area contributed by atoms with Crippen LogP contribution in [-0.2, 0) is 16.2 Å². The van der Waals surface area contributed by atoms with E-state index in [2.05, 4.69) is 199 Å². The van der Waals surface area contributed by atoms with E-state index in [9.17, 15) is 0 Å². The van der Waals surface area contributed by atoms with Gasteiger partial charge in [-0.05, 0) is 166 Å². The van der Waals surface area contributed by atoms with Gasteiger partial charge < -0.3 is 18.6 Å². The van der Waals surface area contributed by atoms with E-state index >= 15 is 0 Å². The van der Waals surface area contributed by atoms with Crippen LogP contribution in [0.1, 0.15) is 77.6 Å². The Morgan fingerprint density at radius 2 is 0.716 bits per heavy atom. The van der Waals surface area contributed by atoms with E-state index in [1.165, 1.54) is 33.4 Å². The number of hydrogen-bond acceptors (Lipinski definition) is 6. The Hall–Kier alpha value is -7.70. The van der Waals surface area contributed by atoms with Gasteiger partial charge in [-0.15, -0.1) is 0 Å². The fraction of sp³-hybridized carbons (Fsp3) is 0.180. The van der Waals surface area contributed by atoms with Gasteiger partial charge in [-0.3, -0.25) is 0 Å². The van der Waals surface area contributed by atoms with Crippen molar-refractivity contribution in [3.63, 3.8) is 0 Å². The quantitative estimate of drug-likeness (QED) is 0.152. The molecule has 330 valence electrons. The zero-order chi connectivity index (χ0) is 46.2. The molecule has 0 aliphatic heterocycles. The molecule has 67 heavy (non-hydrogen) atoms. The summed E-state index contributed by atoms with van der Waals surface area (Å²) in [5.74, 6) is 1.23. The molecule has 0 radical (unpaired) electrons. The number of hydrogen-bond donors (Lipinski definition) is 0. The maximum Gasteiger partial charge on any atom is 0.227 e. The summed E-state index contributed by atoms with van der Waals surface area (Å²) in [6.45, 7) is 18.3. The minimum Gasteiger partial charge on any atom is -0.436 e. The highest BCUT2D eigenvalue weighted by molar-refractivity contribution is 5.89. The smallest absolute Gasteiger partial charge is 0.227 e. The lowest BCUT2D eigenvalue weighted by atomic mass is 9.82. The highest BCUT2D eigenvalue weighted by Gasteiger charge is 2.37. The number of para-hydroxylation sites is 4. The molecule has 0 spiro atoms. The molecule has 8 aromatic carbocycles. The van der Waals surface area contributed by atoms with E-state index in [-0.39, 0.29) is 16.2 Å². The number of fused-ring (bicyclic) bond motifs is 5. The Morgan fingerprint density at radius 3 is 1.06 bits per heavy atom. The fourth-order valence-electron chi connectivity index (χ4n) is 9.60. The molecular formula is C61H54N4O2. The van der Waals surface area contributed by atoms with Crippen LogP contribution < -0.4 is 9.80 Å². The van der Waals surface area contributed by atoms with E-state index in [0.717, 1.165) is 67.5 Å². The van der Waals surface area contributed by atoms with E-state index < -0.39 is 0 Å². The average molecular weight is 875 g/mol. The molecule has 1 aliphatic carbocycles. The van der Waals surface area contributed by atoms with Gasteiger partial charge in [0.1, 0.15) is 11.0 Å². The van der Waals surface area contributed by atoms with E-state index in [4.69, 9.17) is 18.8 Å². The third kappa shape index (κ3) is 7.56. The van der Waals surface area contributed by atoms with Crippen LogP contribution in [0.2, 0.25) is 0 Å². The molecule has 6 nitrogen and oxygen atoms in total. The Bertz CT molecular complexity index is 3140. The molecule has 0 saturated heterocycles. The van der Waals surface area contributed by atoms with Gasteiger partial charge in [0.25, 0.3) is 0 Å². The minimum absolute atomic E-state index is 0.0364. The molecule has 0 N–H and O–H groups in total. The lowest BCUT2D eigenvalue weighted by molar-refractivity contribution is 0.590. The summed E-state index contributed by atoms with van der Waals surface area (Å²) in [5, 5.41) is 0. The second-order valence-electron chi connectivity index (χ2n) is 20.4. The van der Waals surface area contributed by atoms with Crippen molar-refractivity contribution in [1.82, 2.24) is 9.97 Å². The maximum atomic E-state index is 6.16. The van der Waals surface area contributed by atoms with Gasteiger partial charge in [0.15, 0.2) is 11.2 Å². The summed E-state index contributed by atoms with van der Waals surface area (Å²) in [7, 11) is 0. The van der Waals surface area contributed by atoms with Crippen LogP contribution in [0, 0.1) is 0 Å². The van der Waals surface area contributed by atoms with Gasteiger partial charge in [0.2, 0.25) is 11.8 Å². The Labute approximate surface area is 393 Å². The second kappa shape index (κ2) is 15.7. The number of rotatable bonds is 8. The third-order valence-corrected chi connectivity index (χ3v) is 13.5. The number of anilines is 6. The van der Waals surface area contributed by atoms with Crippen molar-refractivity contribution in [2.24, 2.45) is 0 Å². The molecule has 2 aromatic heterocycles. The van der Waals surface area contributed by atoms with Crippen LogP contribution in [0.3, 0.4) is 0 Å². The minimum atomic E-state index is -0.298. The van der Waals surface area contributed by atoms with Crippen molar-refractivity contribution in [3.8, 4) is 34.0 Å². The SMILES string of the molecule is CC(C)(C)c1ccc(N(c2ccc(-c3nc4ccccc4o3)cc2)c2ccc3c(c2)C(C)(C)c2cc(N(c4ccc(-c5nc6ccccc6o5)cc4)c4ccc(C(C)(C)C)cc4)ccc2-3)cc1. The molecular weight excluding hydrogens is 821 g/mol. The Morgan fingerprint density at radius 1 is 0.388 bits per heavy atom. The summed E-state index contributed by atoms with van der Waals surface area (Å²) in [5.41, 5.74) is 19.1. The monoisotopic (exact) mass is 874 g/mol. The first-order valence-corrected chi connectivity index (χ1v) is 23.2. The summed E-state index contributed by atoms with van der Waals surface area (Å²) < 4.78 is 12.3. The van der Waals surface area contributed by atoms with Crippen LogP contribution in [0.15, 0.2) is 191 Å². The van der Waals surface area contributed by atoms with Crippen LogP contribution >= 0.6 is 0 Å². The lowest BCUT2D eigenvalue weighted by Gasteiger charge is -2.30. The molecule has 0 saturated carbocycles. The Balaban J connectivity index is 0.973.